The van der Waals surface area contributed by atoms with Crippen LogP contribution in [0.2, 0.25) is 0 Å². The summed E-state index contributed by atoms with van der Waals surface area (Å²) in [4.78, 5) is 12.9. The van der Waals surface area contributed by atoms with Gasteiger partial charge in [0.15, 0.2) is 0 Å². The van der Waals surface area contributed by atoms with Gasteiger partial charge in [-0.2, -0.15) is 0 Å². The number of nitrogens with one attached hydrogen (secondary N) is 1. The van der Waals surface area contributed by atoms with Crippen molar-refractivity contribution in [3.8, 4) is 11.5 Å². The molecule has 0 bridgehead atoms. The number of thiol groups is 1. The third-order valence-corrected chi connectivity index (χ3v) is 6.01. The lowest BCUT2D eigenvalue weighted by Gasteiger charge is -2.50. The highest BCUT2D eigenvalue weighted by molar-refractivity contribution is 7.78. The molecule has 0 aliphatic heterocycles. The summed E-state index contributed by atoms with van der Waals surface area (Å²) in [6, 6.07) is 16.3. The van der Waals surface area contributed by atoms with Gasteiger partial charge in [0.2, 0.25) is 0 Å². The first-order valence-electron chi connectivity index (χ1n) is 9.87. The Morgan fingerprint density at radius 1 is 1.13 bits per heavy atom. The molecule has 162 valence electrons. The summed E-state index contributed by atoms with van der Waals surface area (Å²) >= 11 is 10.6. The maximum Gasteiger partial charge on any atom is 0.312 e. The molecule has 2 atom stereocenters. The van der Waals surface area contributed by atoms with Crippen LogP contribution in [-0.2, 0) is 4.79 Å². The molecule has 0 aliphatic rings. The first-order valence-corrected chi connectivity index (χ1v) is 10.7. The Balaban J connectivity index is 2.61. The van der Waals surface area contributed by atoms with Crippen LogP contribution < -0.4 is 9.46 Å². The lowest BCUT2D eigenvalue weighted by Crippen LogP contribution is -2.54. The number of para-hydroxylation sites is 1. The van der Waals surface area contributed by atoms with E-state index in [0.29, 0.717) is 16.5 Å². The average molecular weight is 448 g/mol. The summed E-state index contributed by atoms with van der Waals surface area (Å²) < 4.78 is 8.94. The van der Waals surface area contributed by atoms with Crippen LogP contribution in [-0.4, -0.2) is 11.1 Å². The summed E-state index contributed by atoms with van der Waals surface area (Å²) in [6.07, 6.45) is 1.81. The Labute approximate surface area is 189 Å². The smallest absolute Gasteiger partial charge is 0.312 e. The van der Waals surface area contributed by atoms with Crippen molar-refractivity contribution in [1.82, 2.24) is 4.72 Å². The average Bonchev–Trinajstić information content (AvgIpc) is 2.65. The molecule has 0 amide bonds. The predicted molar refractivity (Wildman–Crippen MR) is 126 cm³/mol. The van der Waals surface area contributed by atoms with Crippen LogP contribution in [0.15, 0.2) is 65.7 Å². The fourth-order valence-electron chi connectivity index (χ4n) is 4.53. The number of hydrogen-bond acceptors (Lipinski definition) is 4. The molecule has 30 heavy (non-hydrogen) atoms. The molecule has 0 aliphatic carbocycles. The van der Waals surface area contributed by atoms with Crippen LogP contribution in [0.5, 0.6) is 11.5 Å². The van der Waals surface area contributed by atoms with Gasteiger partial charge in [0.05, 0.1) is 11.5 Å². The van der Waals surface area contributed by atoms with E-state index in [4.69, 9.17) is 16.3 Å². The van der Waals surface area contributed by atoms with E-state index in [2.05, 4.69) is 17.5 Å². The van der Waals surface area contributed by atoms with Crippen LogP contribution in [0.4, 0.5) is 0 Å². The van der Waals surface area contributed by atoms with Gasteiger partial charge >= 0.3 is 5.97 Å². The van der Waals surface area contributed by atoms with Crippen molar-refractivity contribution in [3.05, 3.63) is 71.3 Å². The Morgan fingerprint density at radius 2 is 1.73 bits per heavy atom. The first kappa shape index (κ1) is 24.3. The number of hydrogen-bond donors (Lipinski definition) is 3. The minimum absolute atomic E-state index is 0.236. The van der Waals surface area contributed by atoms with Crippen molar-refractivity contribution in [1.29, 1.82) is 0 Å². The third kappa shape index (κ3) is 4.85. The van der Waals surface area contributed by atoms with Crippen LogP contribution in [0, 0.1) is 16.7 Å². The van der Waals surface area contributed by atoms with E-state index in [9.17, 15) is 9.90 Å². The highest BCUT2D eigenvalue weighted by Gasteiger charge is 2.58. The quantitative estimate of drug-likeness (QED) is 0.368. The molecule has 2 N–H and O–H groups in total. The van der Waals surface area contributed by atoms with Gasteiger partial charge in [-0.3, -0.25) is 9.52 Å². The van der Waals surface area contributed by atoms with Gasteiger partial charge in [-0.1, -0.05) is 88.5 Å². The molecule has 0 fully saturated rings. The minimum atomic E-state index is -1.24. The lowest BCUT2D eigenvalue weighted by atomic mass is 9.54. The van der Waals surface area contributed by atoms with Gasteiger partial charge in [-0.05, 0) is 42.7 Å². The highest BCUT2D eigenvalue weighted by Crippen LogP contribution is 2.55. The van der Waals surface area contributed by atoms with Gasteiger partial charge < -0.3 is 9.84 Å². The van der Waals surface area contributed by atoms with Crippen molar-refractivity contribution in [2.75, 3.05) is 0 Å². The normalized spacial score (nSPS) is 15.5. The second-order valence-electron chi connectivity index (χ2n) is 8.33. The zero-order valence-corrected chi connectivity index (χ0v) is 19.7. The molecule has 6 heteroatoms. The monoisotopic (exact) mass is 447 g/mol. The fourth-order valence-corrected chi connectivity index (χ4v) is 5.16. The molecule has 2 unspecified atom stereocenters. The molecule has 2 aromatic rings. The van der Waals surface area contributed by atoms with Crippen LogP contribution in [0.25, 0.3) is 0 Å². The molecule has 0 radical (unpaired) electrons. The highest BCUT2D eigenvalue weighted by atomic mass is 35.5. The predicted octanol–water partition coefficient (Wildman–Crippen LogP) is 6.85. The Kier molecular flexibility index (Phi) is 8.03. The summed E-state index contributed by atoms with van der Waals surface area (Å²) in [6.45, 7) is 9.38. The summed E-state index contributed by atoms with van der Waals surface area (Å²) in [5.74, 6) is 0.176. The molecule has 2 aromatic carbocycles. The summed E-state index contributed by atoms with van der Waals surface area (Å²) in [7, 11) is 0. The zero-order valence-electron chi connectivity index (χ0n) is 18.0. The number of carbonyl (C=O) groups is 1. The molecule has 0 saturated carbocycles. The van der Waals surface area contributed by atoms with Crippen LogP contribution >= 0.6 is 24.4 Å². The minimum Gasteiger partial charge on any atom is -0.481 e. The van der Waals surface area contributed by atoms with Crippen molar-refractivity contribution >= 4 is 30.4 Å². The second-order valence-corrected chi connectivity index (χ2v) is 9.19. The number of allylic oxidation sites excluding steroid dienone is 2. The van der Waals surface area contributed by atoms with Gasteiger partial charge in [0.25, 0.3) is 0 Å². The Morgan fingerprint density at radius 3 is 2.23 bits per heavy atom. The third-order valence-electron chi connectivity index (χ3n) is 5.65. The number of aliphatic carboxylic acids is 1. The van der Waals surface area contributed by atoms with Crippen LogP contribution in [0.3, 0.4) is 0 Å². The molecule has 0 spiro atoms. The molecular formula is C24H30ClNO3S. The number of benzene rings is 2. The topological polar surface area (TPSA) is 58.6 Å². The van der Waals surface area contributed by atoms with Crippen molar-refractivity contribution in [2.45, 2.75) is 40.7 Å². The molecule has 0 heterocycles. The Hall–Kier alpha value is -1.95. The van der Waals surface area contributed by atoms with Crippen molar-refractivity contribution in [3.63, 3.8) is 0 Å². The largest absolute Gasteiger partial charge is 0.481 e. The first-order chi connectivity index (χ1) is 14.1. The Bertz CT molecular complexity index is 894. The van der Waals surface area contributed by atoms with Gasteiger partial charge in [-0.25, -0.2) is 0 Å². The maximum absolute atomic E-state index is 12.9. The molecule has 0 aromatic heterocycles. The van der Waals surface area contributed by atoms with E-state index in [1.807, 2.05) is 88.4 Å². The van der Waals surface area contributed by atoms with E-state index in [-0.39, 0.29) is 5.92 Å². The van der Waals surface area contributed by atoms with Gasteiger partial charge in [-0.15, -0.1) is 0 Å². The zero-order chi connectivity index (χ0) is 22.5. The number of halogens is 1. The summed E-state index contributed by atoms with van der Waals surface area (Å²) in [5, 5.41) is 11.1. The molecule has 4 nitrogen and oxygen atoms in total. The molecule has 0 saturated heterocycles. The van der Waals surface area contributed by atoms with E-state index in [1.165, 1.54) is 0 Å². The SMILES string of the molecule is CC(Cl)=CC(C)(C)C(C(=O)O)(C(C)C)C(NS)c1cccc(Oc2ccccc2)c1. The van der Waals surface area contributed by atoms with E-state index in [1.54, 1.807) is 6.92 Å². The van der Waals surface area contributed by atoms with Gasteiger partial charge in [0.1, 0.15) is 11.5 Å². The number of carboxylic acid groups (broad SMARTS) is 1. The standard InChI is InChI=1S/C24H30ClNO3S/c1-16(2)24(22(27)28,23(4,5)15-17(3)25)21(26-30)18-10-9-13-20(14-18)29-19-11-7-6-8-12-19/h6-16,21,26,30H,1-5H3,(H,27,28). The summed E-state index contributed by atoms with van der Waals surface area (Å²) in [5.41, 5.74) is -1.26. The lowest BCUT2D eigenvalue weighted by molar-refractivity contribution is -0.163. The number of rotatable bonds is 9. The van der Waals surface area contributed by atoms with E-state index in [0.717, 1.165) is 5.56 Å². The second kappa shape index (κ2) is 9.90. The van der Waals surface area contributed by atoms with Crippen molar-refractivity contribution in [2.24, 2.45) is 16.7 Å². The van der Waals surface area contributed by atoms with Crippen LogP contribution in [0.1, 0.15) is 46.2 Å². The molecular weight excluding hydrogens is 418 g/mol. The van der Waals surface area contributed by atoms with E-state index < -0.39 is 22.8 Å². The molecule has 2 rings (SSSR count). The number of carboxylic acids is 1. The van der Waals surface area contributed by atoms with Crippen molar-refractivity contribution < 1.29 is 14.6 Å². The number of ether oxygens (including phenoxy) is 1. The van der Waals surface area contributed by atoms with E-state index >= 15 is 0 Å². The maximum atomic E-state index is 12.9. The van der Waals surface area contributed by atoms with Gasteiger partial charge in [0, 0.05) is 10.4 Å². The fraction of sp³-hybridized carbons (Fsp3) is 0.375.